The number of carbonyl (C=O) groups is 1. The van der Waals surface area contributed by atoms with E-state index >= 15 is 0 Å². The molecule has 0 aliphatic heterocycles. The van der Waals surface area contributed by atoms with E-state index in [1.54, 1.807) is 12.4 Å². The van der Waals surface area contributed by atoms with Crippen LogP contribution in [-0.4, -0.2) is 21.9 Å². The van der Waals surface area contributed by atoms with Crippen molar-refractivity contribution >= 4 is 23.4 Å². The Morgan fingerprint density at radius 3 is 2.40 bits per heavy atom. The quantitative estimate of drug-likeness (QED) is 0.610. The highest BCUT2D eigenvalue weighted by Crippen LogP contribution is 2.29. The second-order valence-electron chi connectivity index (χ2n) is 6.43. The molecule has 1 fully saturated rings. The van der Waals surface area contributed by atoms with Crippen molar-refractivity contribution in [3.63, 3.8) is 0 Å². The number of halogens is 1. The van der Waals surface area contributed by atoms with E-state index in [1.807, 2.05) is 30.3 Å². The number of rotatable bonds is 6. The van der Waals surface area contributed by atoms with E-state index in [1.165, 1.54) is 5.56 Å². The fourth-order valence-electron chi connectivity index (χ4n) is 3.34. The van der Waals surface area contributed by atoms with Gasteiger partial charge in [-0.2, -0.15) is 4.94 Å². The molecule has 2 N–H and O–H groups in total. The molecule has 1 aromatic carbocycles. The summed E-state index contributed by atoms with van der Waals surface area (Å²) in [6, 6.07) is 14.2. The summed E-state index contributed by atoms with van der Waals surface area (Å²) in [4.78, 5) is 19.2. The maximum Gasteiger partial charge on any atom is 0.227 e. The van der Waals surface area contributed by atoms with Crippen molar-refractivity contribution < 1.29 is 4.79 Å². The van der Waals surface area contributed by atoms with E-state index in [0.29, 0.717) is 6.04 Å². The predicted molar refractivity (Wildman–Crippen MR) is 99.6 cm³/mol. The van der Waals surface area contributed by atoms with E-state index in [0.717, 1.165) is 37.9 Å². The first-order chi connectivity index (χ1) is 12.3. The van der Waals surface area contributed by atoms with Gasteiger partial charge in [-0.05, 0) is 55.2 Å². The number of nitrogens with zero attached hydrogens (tertiary/aromatic N) is 2. The lowest BCUT2D eigenvalue weighted by molar-refractivity contribution is -0.121. The number of anilines is 1. The average molecular weight is 359 g/mol. The molecule has 1 heterocycles. The summed E-state index contributed by atoms with van der Waals surface area (Å²) in [7, 11) is 0. The van der Waals surface area contributed by atoms with Gasteiger partial charge in [0.15, 0.2) is 0 Å². The largest absolute Gasteiger partial charge is 0.326 e. The molecule has 25 heavy (non-hydrogen) atoms. The van der Waals surface area contributed by atoms with Crippen LogP contribution in [0.4, 0.5) is 5.69 Å². The Hall–Kier alpha value is -1.95. The van der Waals surface area contributed by atoms with Crippen LogP contribution in [0.5, 0.6) is 0 Å². The number of hydrogen-bond acceptors (Lipinski definition) is 4. The van der Waals surface area contributed by atoms with Crippen LogP contribution >= 0.6 is 11.8 Å². The third-order valence-corrected chi connectivity index (χ3v) is 4.98. The number of benzene rings is 1. The molecule has 6 heteroatoms. The van der Waals surface area contributed by atoms with Crippen LogP contribution in [0.2, 0.25) is 0 Å². The molecule has 0 atom stereocenters. The average Bonchev–Trinajstić information content (AvgIpc) is 2.68. The monoisotopic (exact) mass is 358 g/mol. The molecule has 2 aromatic rings. The van der Waals surface area contributed by atoms with Crippen molar-refractivity contribution in [3.8, 4) is 0 Å². The van der Waals surface area contributed by atoms with Crippen molar-refractivity contribution in [2.75, 3.05) is 5.32 Å². The van der Waals surface area contributed by atoms with Gasteiger partial charge in [-0.25, -0.2) is 5.01 Å². The van der Waals surface area contributed by atoms with Crippen molar-refractivity contribution in [1.29, 1.82) is 0 Å². The van der Waals surface area contributed by atoms with Crippen LogP contribution in [0.15, 0.2) is 54.9 Å². The summed E-state index contributed by atoms with van der Waals surface area (Å²) >= 11 is 5.95. The van der Waals surface area contributed by atoms with Gasteiger partial charge < -0.3 is 5.32 Å². The summed E-state index contributed by atoms with van der Waals surface area (Å²) in [5, 5.41) is 5.04. The van der Waals surface area contributed by atoms with E-state index in [2.05, 4.69) is 32.4 Å². The van der Waals surface area contributed by atoms with Crippen LogP contribution in [0.25, 0.3) is 0 Å². The second-order valence-corrected chi connectivity index (χ2v) is 6.60. The van der Waals surface area contributed by atoms with Gasteiger partial charge >= 0.3 is 0 Å². The first kappa shape index (κ1) is 17.9. The summed E-state index contributed by atoms with van der Waals surface area (Å²) < 4.78 is 0. The molecular weight excluding hydrogens is 336 g/mol. The summed E-state index contributed by atoms with van der Waals surface area (Å²) in [5.74, 6) is 0.149. The molecule has 5 nitrogen and oxygen atoms in total. The fraction of sp³-hybridized carbons (Fsp3) is 0.368. The van der Waals surface area contributed by atoms with Gasteiger partial charge in [0.2, 0.25) is 5.91 Å². The molecule has 1 aliphatic rings. The van der Waals surface area contributed by atoms with Gasteiger partial charge in [-0.1, -0.05) is 30.3 Å². The zero-order valence-electron chi connectivity index (χ0n) is 14.1. The summed E-state index contributed by atoms with van der Waals surface area (Å²) in [6.07, 6.45) is 6.99. The Balaban J connectivity index is 1.51. The highest BCUT2D eigenvalue weighted by atomic mass is 35.5. The SMILES string of the molecule is O=C(Nc1ccncc1)C1CCC(N(Cc2ccccc2)NCl)CC1. The van der Waals surface area contributed by atoms with E-state index in [-0.39, 0.29) is 11.8 Å². The molecule has 1 amide bonds. The number of aromatic nitrogens is 1. The Bertz CT molecular complexity index is 660. The Morgan fingerprint density at radius 1 is 1.08 bits per heavy atom. The third-order valence-electron chi connectivity index (χ3n) is 4.76. The highest BCUT2D eigenvalue weighted by Gasteiger charge is 2.29. The van der Waals surface area contributed by atoms with Crippen molar-refractivity contribution in [1.82, 2.24) is 14.9 Å². The van der Waals surface area contributed by atoms with Crippen LogP contribution in [0.3, 0.4) is 0 Å². The lowest BCUT2D eigenvalue weighted by Crippen LogP contribution is -2.43. The topological polar surface area (TPSA) is 57.3 Å². The number of nitrogens with one attached hydrogen (secondary N) is 2. The minimum Gasteiger partial charge on any atom is -0.326 e. The van der Waals surface area contributed by atoms with Gasteiger partial charge in [-0.3, -0.25) is 9.78 Å². The molecule has 0 unspecified atom stereocenters. The maximum absolute atomic E-state index is 12.4. The summed E-state index contributed by atoms with van der Waals surface area (Å²) in [5.41, 5.74) is 2.02. The van der Waals surface area contributed by atoms with Crippen LogP contribution in [-0.2, 0) is 11.3 Å². The second kappa shape index (κ2) is 8.94. The van der Waals surface area contributed by atoms with Crippen molar-refractivity contribution in [2.45, 2.75) is 38.3 Å². The number of hydrogen-bond donors (Lipinski definition) is 2. The van der Waals surface area contributed by atoms with Crippen LogP contribution < -0.4 is 10.3 Å². The lowest BCUT2D eigenvalue weighted by Gasteiger charge is -2.35. The number of hydrazine groups is 1. The zero-order valence-corrected chi connectivity index (χ0v) is 14.8. The first-order valence-electron chi connectivity index (χ1n) is 8.64. The molecule has 1 aromatic heterocycles. The smallest absolute Gasteiger partial charge is 0.227 e. The molecule has 1 aliphatic carbocycles. The number of carbonyl (C=O) groups excluding carboxylic acids is 1. The molecule has 3 rings (SSSR count). The Labute approximate surface area is 153 Å². The molecule has 0 bridgehead atoms. The van der Waals surface area contributed by atoms with Gasteiger partial charge in [-0.15, -0.1) is 0 Å². The third kappa shape index (κ3) is 5.01. The van der Waals surface area contributed by atoms with Gasteiger partial charge in [0, 0.05) is 36.6 Å². The molecule has 132 valence electrons. The molecule has 0 radical (unpaired) electrons. The Morgan fingerprint density at radius 2 is 1.76 bits per heavy atom. The van der Waals surface area contributed by atoms with Gasteiger partial charge in [0.05, 0.1) is 0 Å². The molecule has 1 saturated carbocycles. The molecular formula is C19H23ClN4O. The zero-order chi connectivity index (χ0) is 17.5. The fourth-order valence-corrected chi connectivity index (χ4v) is 3.54. The van der Waals surface area contributed by atoms with Crippen LogP contribution in [0, 0.1) is 5.92 Å². The minimum atomic E-state index is 0.0540. The van der Waals surface area contributed by atoms with Gasteiger partial charge in [0.25, 0.3) is 0 Å². The highest BCUT2D eigenvalue weighted by molar-refractivity contribution is 6.13. The van der Waals surface area contributed by atoms with Gasteiger partial charge in [0.1, 0.15) is 0 Å². The van der Waals surface area contributed by atoms with E-state index in [4.69, 9.17) is 11.8 Å². The molecule has 0 saturated heterocycles. The molecule has 0 spiro atoms. The maximum atomic E-state index is 12.4. The standard InChI is InChI=1S/C19H23ClN4O/c20-23-24(14-15-4-2-1-3-5-15)18-8-6-16(7-9-18)19(25)22-17-10-12-21-13-11-17/h1-5,10-13,16,18,23H,6-9,14H2,(H,21,22,25). The Kier molecular flexibility index (Phi) is 6.39. The first-order valence-corrected chi connectivity index (χ1v) is 9.02. The minimum absolute atomic E-state index is 0.0540. The number of amides is 1. The number of pyridine rings is 1. The summed E-state index contributed by atoms with van der Waals surface area (Å²) in [6.45, 7) is 0.753. The van der Waals surface area contributed by atoms with Crippen LogP contribution in [0.1, 0.15) is 31.2 Å². The van der Waals surface area contributed by atoms with E-state index < -0.39 is 0 Å². The predicted octanol–water partition coefficient (Wildman–Crippen LogP) is 3.74. The van der Waals surface area contributed by atoms with Crippen molar-refractivity contribution in [3.05, 3.63) is 60.4 Å². The van der Waals surface area contributed by atoms with Crippen molar-refractivity contribution in [2.24, 2.45) is 5.92 Å². The normalized spacial score (nSPS) is 20.4. The van der Waals surface area contributed by atoms with E-state index in [9.17, 15) is 4.79 Å². The lowest BCUT2D eigenvalue weighted by atomic mass is 9.85.